The second kappa shape index (κ2) is 5.52. The summed E-state index contributed by atoms with van der Waals surface area (Å²) in [7, 11) is 0. The number of nitrogens with zero attached hydrogens (tertiary/aromatic N) is 1. The maximum atomic E-state index is 2.39. The van der Waals surface area contributed by atoms with Crippen LogP contribution in [-0.4, -0.2) is 0 Å². The summed E-state index contributed by atoms with van der Waals surface area (Å²) in [4.78, 5) is 2.39. The molecule has 0 saturated heterocycles. The van der Waals surface area contributed by atoms with Gasteiger partial charge in [0.15, 0.2) is 0 Å². The van der Waals surface area contributed by atoms with E-state index in [2.05, 4.69) is 98.5 Å². The average molecular weight is 313 g/mol. The Hall–Kier alpha value is -2.54. The standard InChI is InChI=1S/C23H23N/c1-23(2,3)19-12-14-20(15-13-19)24-21-10-6-4-8-17(21)16-18-9-5-7-11-22(18)24/h4-15H,16H2,1-3H3. The molecule has 1 heteroatoms. The molecule has 1 heterocycles. The molecule has 1 aliphatic rings. The van der Waals surface area contributed by atoms with Crippen molar-refractivity contribution < 1.29 is 0 Å². The van der Waals surface area contributed by atoms with E-state index in [0.29, 0.717) is 0 Å². The van der Waals surface area contributed by atoms with Gasteiger partial charge in [-0.25, -0.2) is 0 Å². The lowest BCUT2D eigenvalue weighted by Gasteiger charge is -2.33. The first-order valence-corrected chi connectivity index (χ1v) is 8.60. The average Bonchev–Trinajstić information content (AvgIpc) is 2.59. The van der Waals surface area contributed by atoms with Crippen LogP contribution in [-0.2, 0) is 11.8 Å². The zero-order valence-electron chi connectivity index (χ0n) is 14.6. The van der Waals surface area contributed by atoms with Crippen molar-refractivity contribution in [2.24, 2.45) is 0 Å². The lowest BCUT2D eigenvalue weighted by Crippen LogP contribution is -2.18. The highest BCUT2D eigenvalue weighted by molar-refractivity contribution is 5.83. The Morgan fingerprint density at radius 2 is 1.17 bits per heavy atom. The lowest BCUT2D eigenvalue weighted by molar-refractivity contribution is 0.590. The fourth-order valence-corrected chi connectivity index (χ4v) is 3.48. The molecule has 0 bridgehead atoms. The van der Waals surface area contributed by atoms with Gasteiger partial charge in [0.05, 0.1) is 0 Å². The molecule has 120 valence electrons. The third-order valence-corrected chi connectivity index (χ3v) is 4.84. The van der Waals surface area contributed by atoms with Gasteiger partial charge in [0.2, 0.25) is 0 Å². The first-order valence-electron chi connectivity index (χ1n) is 8.60. The van der Waals surface area contributed by atoms with Crippen molar-refractivity contribution >= 4 is 17.1 Å². The summed E-state index contributed by atoms with van der Waals surface area (Å²) in [6.07, 6.45) is 1.00. The van der Waals surface area contributed by atoms with Gasteiger partial charge in [0.1, 0.15) is 0 Å². The number of rotatable bonds is 1. The van der Waals surface area contributed by atoms with Gasteiger partial charge >= 0.3 is 0 Å². The number of fused-ring (bicyclic) bond motifs is 2. The Bertz CT molecular complexity index is 824. The van der Waals surface area contributed by atoms with E-state index in [1.165, 1.54) is 33.8 Å². The maximum Gasteiger partial charge on any atom is 0.0497 e. The Labute approximate surface area is 144 Å². The second-order valence-corrected chi connectivity index (χ2v) is 7.57. The summed E-state index contributed by atoms with van der Waals surface area (Å²) in [6.45, 7) is 6.77. The SMILES string of the molecule is CC(C)(C)c1ccc(N2c3ccccc3Cc3ccccc32)cc1. The minimum absolute atomic E-state index is 0.177. The van der Waals surface area contributed by atoms with Gasteiger partial charge in [-0.05, 0) is 46.4 Å². The van der Waals surface area contributed by atoms with E-state index < -0.39 is 0 Å². The van der Waals surface area contributed by atoms with E-state index in [-0.39, 0.29) is 5.41 Å². The van der Waals surface area contributed by atoms with Crippen molar-refractivity contribution in [3.8, 4) is 0 Å². The minimum Gasteiger partial charge on any atom is -0.310 e. The first-order chi connectivity index (χ1) is 11.5. The molecule has 0 atom stereocenters. The van der Waals surface area contributed by atoms with Gasteiger partial charge in [-0.3, -0.25) is 0 Å². The molecule has 0 aliphatic carbocycles. The molecule has 1 aliphatic heterocycles. The van der Waals surface area contributed by atoms with Crippen molar-refractivity contribution in [3.63, 3.8) is 0 Å². The highest BCUT2D eigenvalue weighted by Crippen LogP contribution is 2.43. The molecular weight excluding hydrogens is 290 g/mol. The number of hydrogen-bond acceptors (Lipinski definition) is 1. The van der Waals surface area contributed by atoms with Crippen LogP contribution in [0.5, 0.6) is 0 Å². The topological polar surface area (TPSA) is 3.24 Å². The predicted molar refractivity (Wildman–Crippen MR) is 103 cm³/mol. The number of anilines is 3. The van der Waals surface area contributed by atoms with E-state index in [9.17, 15) is 0 Å². The summed E-state index contributed by atoms with van der Waals surface area (Å²) < 4.78 is 0. The van der Waals surface area contributed by atoms with Crippen LogP contribution in [0.15, 0.2) is 72.8 Å². The second-order valence-electron chi connectivity index (χ2n) is 7.57. The third kappa shape index (κ3) is 2.50. The molecule has 3 aromatic rings. The number of hydrogen-bond donors (Lipinski definition) is 0. The van der Waals surface area contributed by atoms with Crippen molar-refractivity contribution in [1.29, 1.82) is 0 Å². The largest absolute Gasteiger partial charge is 0.310 e. The molecular formula is C23H23N. The number of para-hydroxylation sites is 2. The zero-order valence-corrected chi connectivity index (χ0v) is 14.6. The fraction of sp³-hybridized carbons (Fsp3) is 0.217. The van der Waals surface area contributed by atoms with Gasteiger partial charge in [-0.1, -0.05) is 69.3 Å². The van der Waals surface area contributed by atoms with Gasteiger partial charge in [0.25, 0.3) is 0 Å². The molecule has 0 aromatic heterocycles. The highest BCUT2D eigenvalue weighted by atomic mass is 15.2. The van der Waals surface area contributed by atoms with Crippen molar-refractivity contribution in [3.05, 3.63) is 89.5 Å². The molecule has 0 amide bonds. The van der Waals surface area contributed by atoms with E-state index in [0.717, 1.165) is 6.42 Å². The minimum atomic E-state index is 0.177. The Morgan fingerprint density at radius 1 is 0.667 bits per heavy atom. The van der Waals surface area contributed by atoms with Crippen LogP contribution in [0.1, 0.15) is 37.5 Å². The molecule has 0 unspecified atom stereocenters. The van der Waals surface area contributed by atoms with E-state index >= 15 is 0 Å². The van der Waals surface area contributed by atoms with E-state index in [1.807, 2.05) is 0 Å². The Morgan fingerprint density at radius 3 is 1.67 bits per heavy atom. The smallest absolute Gasteiger partial charge is 0.0497 e. The van der Waals surface area contributed by atoms with Crippen LogP contribution in [0.2, 0.25) is 0 Å². The Kier molecular flexibility index (Phi) is 3.45. The van der Waals surface area contributed by atoms with Gasteiger partial charge in [-0.2, -0.15) is 0 Å². The van der Waals surface area contributed by atoms with Crippen LogP contribution < -0.4 is 4.90 Å². The van der Waals surface area contributed by atoms with E-state index in [4.69, 9.17) is 0 Å². The van der Waals surface area contributed by atoms with Gasteiger partial charge in [-0.15, -0.1) is 0 Å². The normalized spacial score (nSPS) is 13.4. The van der Waals surface area contributed by atoms with Gasteiger partial charge in [0, 0.05) is 23.5 Å². The summed E-state index contributed by atoms with van der Waals surface area (Å²) in [5.74, 6) is 0. The summed E-state index contributed by atoms with van der Waals surface area (Å²) >= 11 is 0. The number of benzene rings is 3. The molecule has 0 saturated carbocycles. The Balaban J connectivity index is 1.86. The predicted octanol–water partition coefficient (Wildman–Crippen LogP) is 6.36. The fourth-order valence-electron chi connectivity index (χ4n) is 3.48. The molecule has 0 radical (unpaired) electrons. The molecule has 3 aromatic carbocycles. The first kappa shape index (κ1) is 15.0. The van der Waals surface area contributed by atoms with Crippen LogP contribution in [0.25, 0.3) is 0 Å². The molecule has 0 spiro atoms. The third-order valence-electron chi connectivity index (χ3n) is 4.84. The van der Waals surface area contributed by atoms with Crippen LogP contribution in [0.3, 0.4) is 0 Å². The maximum absolute atomic E-state index is 2.39. The van der Waals surface area contributed by atoms with Crippen molar-refractivity contribution in [2.45, 2.75) is 32.6 Å². The quantitative estimate of drug-likeness (QED) is 0.395. The molecule has 0 fully saturated rings. The monoisotopic (exact) mass is 313 g/mol. The summed E-state index contributed by atoms with van der Waals surface area (Å²) in [5, 5.41) is 0. The molecule has 4 rings (SSSR count). The van der Waals surface area contributed by atoms with Crippen LogP contribution in [0, 0.1) is 0 Å². The summed E-state index contributed by atoms with van der Waals surface area (Å²) in [5.41, 5.74) is 8.12. The van der Waals surface area contributed by atoms with Crippen LogP contribution in [0.4, 0.5) is 17.1 Å². The zero-order chi connectivity index (χ0) is 16.7. The molecule has 1 nitrogen and oxygen atoms in total. The molecule has 0 N–H and O–H groups in total. The van der Waals surface area contributed by atoms with Crippen molar-refractivity contribution in [2.75, 3.05) is 4.90 Å². The summed E-state index contributed by atoms with van der Waals surface area (Å²) in [6, 6.07) is 26.5. The lowest BCUT2D eigenvalue weighted by atomic mass is 9.87. The van der Waals surface area contributed by atoms with Crippen molar-refractivity contribution in [1.82, 2.24) is 0 Å². The highest BCUT2D eigenvalue weighted by Gasteiger charge is 2.23. The van der Waals surface area contributed by atoms with Gasteiger partial charge < -0.3 is 4.90 Å². The van der Waals surface area contributed by atoms with Crippen LogP contribution >= 0.6 is 0 Å². The van der Waals surface area contributed by atoms with E-state index in [1.54, 1.807) is 0 Å². The molecule has 24 heavy (non-hydrogen) atoms.